The van der Waals surface area contributed by atoms with Crippen LogP contribution in [0.1, 0.15) is 24.2 Å². The van der Waals surface area contributed by atoms with Crippen LogP contribution in [0.25, 0.3) is 0 Å². The lowest BCUT2D eigenvalue weighted by Gasteiger charge is -2.17. The van der Waals surface area contributed by atoms with Crippen LogP contribution in [0.4, 0.5) is 18.9 Å². The molecule has 1 rings (SSSR count). The molecule has 1 amide bonds. The highest BCUT2D eigenvalue weighted by atomic mass is 19.4. The Morgan fingerprint density at radius 3 is 2.35 bits per heavy atom. The number of aromatic carboxylic acids is 1. The lowest BCUT2D eigenvalue weighted by Crippen LogP contribution is -2.30. The molecule has 0 unspecified atom stereocenters. The molecule has 0 bridgehead atoms. The zero-order valence-electron chi connectivity index (χ0n) is 10.6. The van der Waals surface area contributed by atoms with E-state index in [0.717, 1.165) is 6.07 Å². The van der Waals surface area contributed by atoms with E-state index in [1.807, 2.05) is 0 Å². The summed E-state index contributed by atoms with van der Waals surface area (Å²) in [6.07, 6.45) is -5.55. The largest absolute Gasteiger partial charge is 0.488 e. The van der Waals surface area contributed by atoms with E-state index >= 15 is 0 Å². The smallest absolute Gasteiger partial charge is 0.471 e. The molecule has 20 heavy (non-hydrogen) atoms. The van der Waals surface area contributed by atoms with E-state index in [9.17, 15) is 22.8 Å². The Kier molecular flexibility index (Phi) is 4.59. The second kappa shape index (κ2) is 5.81. The minimum Gasteiger partial charge on any atom is -0.488 e. The molecule has 0 heterocycles. The molecule has 1 aromatic carbocycles. The number of hydrogen-bond donors (Lipinski definition) is 2. The number of carboxylic acids is 1. The fourth-order valence-corrected chi connectivity index (χ4v) is 1.36. The van der Waals surface area contributed by atoms with E-state index in [1.54, 1.807) is 19.2 Å². The zero-order valence-corrected chi connectivity index (χ0v) is 10.6. The quantitative estimate of drug-likeness (QED) is 0.894. The summed E-state index contributed by atoms with van der Waals surface area (Å²) in [7, 11) is 0. The number of ether oxygens (including phenoxy) is 1. The summed E-state index contributed by atoms with van der Waals surface area (Å²) in [5.74, 6) is -3.88. The van der Waals surface area contributed by atoms with Crippen molar-refractivity contribution < 1.29 is 32.6 Å². The maximum absolute atomic E-state index is 12.2. The Morgan fingerprint density at radius 2 is 1.90 bits per heavy atom. The molecule has 5 nitrogen and oxygen atoms in total. The van der Waals surface area contributed by atoms with Crippen molar-refractivity contribution in [3.63, 3.8) is 0 Å². The van der Waals surface area contributed by atoms with E-state index in [-0.39, 0.29) is 17.0 Å². The number of para-hydroxylation sites is 1. The standard InChI is InChI=1S/C12H12F3NO4/c1-6(2)20-9-7(10(17)18)4-3-5-8(9)16-11(19)12(13,14)15/h3-6H,1-2H3,(H,16,19)(H,17,18). The summed E-state index contributed by atoms with van der Waals surface area (Å²) >= 11 is 0. The number of nitrogens with one attached hydrogen (secondary N) is 1. The normalized spacial score (nSPS) is 11.3. The minimum absolute atomic E-state index is 0.312. The molecule has 0 fully saturated rings. The number of benzene rings is 1. The van der Waals surface area contributed by atoms with Gasteiger partial charge < -0.3 is 15.2 Å². The van der Waals surface area contributed by atoms with Crippen molar-refractivity contribution >= 4 is 17.6 Å². The zero-order chi connectivity index (χ0) is 15.5. The summed E-state index contributed by atoms with van der Waals surface area (Å²) in [4.78, 5) is 21.9. The third kappa shape index (κ3) is 3.87. The Hall–Kier alpha value is -2.25. The van der Waals surface area contributed by atoms with Crippen molar-refractivity contribution in [2.75, 3.05) is 5.32 Å². The molecule has 110 valence electrons. The number of alkyl halides is 3. The SMILES string of the molecule is CC(C)Oc1c(NC(=O)C(F)(F)F)cccc1C(=O)O. The van der Waals surface area contributed by atoms with E-state index in [1.165, 1.54) is 12.1 Å². The van der Waals surface area contributed by atoms with Crippen LogP contribution in [0.5, 0.6) is 5.75 Å². The molecular formula is C12H12F3NO4. The fraction of sp³-hybridized carbons (Fsp3) is 0.333. The number of carbonyl (C=O) groups is 2. The van der Waals surface area contributed by atoms with Crippen LogP contribution in [0.2, 0.25) is 0 Å². The highest BCUT2D eigenvalue weighted by Gasteiger charge is 2.39. The van der Waals surface area contributed by atoms with Gasteiger partial charge in [0.25, 0.3) is 0 Å². The third-order valence-corrected chi connectivity index (χ3v) is 2.10. The van der Waals surface area contributed by atoms with Crippen molar-refractivity contribution in [3.8, 4) is 5.75 Å². The van der Waals surface area contributed by atoms with Crippen LogP contribution in [0.15, 0.2) is 18.2 Å². The van der Waals surface area contributed by atoms with Crippen LogP contribution >= 0.6 is 0 Å². The molecule has 0 saturated carbocycles. The molecule has 8 heteroatoms. The first-order chi connectivity index (χ1) is 9.12. The Balaban J connectivity index is 3.21. The highest BCUT2D eigenvalue weighted by Crippen LogP contribution is 2.31. The van der Waals surface area contributed by atoms with E-state index in [2.05, 4.69) is 0 Å². The number of halogens is 3. The van der Waals surface area contributed by atoms with Gasteiger partial charge in [-0.1, -0.05) is 6.07 Å². The van der Waals surface area contributed by atoms with Crippen LogP contribution in [-0.4, -0.2) is 29.3 Å². The first-order valence-corrected chi connectivity index (χ1v) is 5.54. The maximum Gasteiger partial charge on any atom is 0.471 e. The van der Waals surface area contributed by atoms with Gasteiger partial charge in [-0.3, -0.25) is 4.79 Å². The molecule has 0 radical (unpaired) electrons. The predicted molar refractivity (Wildman–Crippen MR) is 63.9 cm³/mol. The lowest BCUT2D eigenvalue weighted by atomic mass is 10.1. The van der Waals surface area contributed by atoms with Crippen molar-refractivity contribution in [1.29, 1.82) is 0 Å². The average molecular weight is 291 g/mol. The number of anilines is 1. The number of rotatable bonds is 4. The Morgan fingerprint density at radius 1 is 1.30 bits per heavy atom. The number of carboxylic acid groups (broad SMARTS) is 1. The highest BCUT2D eigenvalue weighted by molar-refractivity contribution is 5.99. The lowest BCUT2D eigenvalue weighted by molar-refractivity contribution is -0.167. The third-order valence-electron chi connectivity index (χ3n) is 2.10. The second-order valence-corrected chi connectivity index (χ2v) is 4.11. The van der Waals surface area contributed by atoms with Crippen LogP contribution < -0.4 is 10.1 Å². The summed E-state index contributed by atoms with van der Waals surface area (Å²) in [5.41, 5.74) is -0.681. The van der Waals surface area contributed by atoms with E-state index in [0.29, 0.717) is 0 Å². The van der Waals surface area contributed by atoms with Gasteiger partial charge in [0.05, 0.1) is 11.8 Å². The first kappa shape index (κ1) is 15.8. The number of carbonyl (C=O) groups excluding carboxylic acids is 1. The Bertz CT molecular complexity index is 526. The van der Waals surface area contributed by atoms with E-state index in [4.69, 9.17) is 9.84 Å². The summed E-state index contributed by atoms with van der Waals surface area (Å²) in [6, 6.07) is 3.51. The molecular weight excluding hydrogens is 279 g/mol. The molecule has 1 aromatic rings. The molecule has 0 saturated heterocycles. The van der Waals surface area contributed by atoms with Crippen LogP contribution in [-0.2, 0) is 4.79 Å². The fourth-order valence-electron chi connectivity index (χ4n) is 1.36. The molecule has 2 N–H and O–H groups in total. The first-order valence-electron chi connectivity index (χ1n) is 5.54. The van der Waals surface area contributed by atoms with Gasteiger partial charge in [-0.2, -0.15) is 13.2 Å². The molecule has 0 aromatic heterocycles. The van der Waals surface area contributed by atoms with Gasteiger partial charge in [-0.15, -0.1) is 0 Å². The topological polar surface area (TPSA) is 75.6 Å². The van der Waals surface area contributed by atoms with Crippen molar-refractivity contribution in [1.82, 2.24) is 0 Å². The van der Waals surface area contributed by atoms with Crippen LogP contribution in [0, 0.1) is 0 Å². The maximum atomic E-state index is 12.2. The van der Waals surface area contributed by atoms with Gasteiger partial charge in [0.1, 0.15) is 5.56 Å². The van der Waals surface area contributed by atoms with Gasteiger partial charge in [0, 0.05) is 0 Å². The summed E-state index contributed by atoms with van der Waals surface area (Å²) in [5, 5.41) is 10.6. The van der Waals surface area contributed by atoms with Crippen molar-refractivity contribution in [3.05, 3.63) is 23.8 Å². The van der Waals surface area contributed by atoms with Gasteiger partial charge in [0.15, 0.2) is 5.75 Å². The van der Waals surface area contributed by atoms with Gasteiger partial charge in [-0.05, 0) is 26.0 Å². The molecule has 0 aliphatic rings. The summed E-state index contributed by atoms with van der Waals surface area (Å²) in [6.45, 7) is 3.15. The van der Waals surface area contributed by atoms with Crippen molar-refractivity contribution in [2.45, 2.75) is 26.1 Å². The summed E-state index contributed by atoms with van der Waals surface area (Å²) < 4.78 is 41.8. The molecule has 0 aliphatic heterocycles. The van der Waals surface area contributed by atoms with E-state index < -0.39 is 24.2 Å². The molecule has 0 atom stereocenters. The second-order valence-electron chi connectivity index (χ2n) is 4.11. The van der Waals surface area contributed by atoms with Crippen molar-refractivity contribution in [2.24, 2.45) is 0 Å². The molecule has 0 spiro atoms. The number of hydrogen-bond acceptors (Lipinski definition) is 3. The van der Waals surface area contributed by atoms with Gasteiger partial charge in [0.2, 0.25) is 0 Å². The number of amides is 1. The predicted octanol–water partition coefficient (Wildman–Crippen LogP) is 2.67. The monoisotopic (exact) mass is 291 g/mol. The minimum atomic E-state index is -5.08. The van der Waals surface area contributed by atoms with Gasteiger partial charge >= 0.3 is 18.1 Å². The Labute approximate surface area is 112 Å². The average Bonchev–Trinajstić information content (AvgIpc) is 2.28. The van der Waals surface area contributed by atoms with Gasteiger partial charge in [-0.25, -0.2) is 4.79 Å². The van der Waals surface area contributed by atoms with Crippen LogP contribution in [0.3, 0.4) is 0 Å². The molecule has 0 aliphatic carbocycles.